The number of aromatic carboxylic acids is 1. The summed E-state index contributed by atoms with van der Waals surface area (Å²) in [4.78, 5) is 21.3. The summed E-state index contributed by atoms with van der Waals surface area (Å²) in [5.74, 6) is -1.02. The average molecular weight is 295 g/mol. The monoisotopic (exact) mass is 294 g/mol. The van der Waals surface area contributed by atoms with Crippen LogP contribution in [0, 0.1) is 10.1 Å². The Kier molecular flexibility index (Phi) is 3.76. The number of carboxylic acids is 1. The highest BCUT2D eigenvalue weighted by Crippen LogP contribution is 2.28. The molecule has 0 bridgehead atoms. The molecule has 0 amide bonds. The van der Waals surface area contributed by atoms with Gasteiger partial charge in [-0.25, -0.2) is 4.79 Å². The Labute approximate surface area is 119 Å². The Morgan fingerprint density at radius 3 is 2.65 bits per heavy atom. The highest BCUT2D eigenvalue weighted by atomic mass is 35.5. The van der Waals surface area contributed by atoms with E-state index in [4.69, 9.17) is 16.7 Å². The molecule has 0 saturated carbocycles. The smallest absolute Gasteiger partial charge is 0.337 e. The van der Waals surface area contributed by atoms with E-state index in [0.717, 1.165) is 0 Å². The summed E-state index contributed by atoms with van der Waals surface area (Å²) in [7, 11) is 0. The van der Waals surface area contributed by atoms with Crippen molar-refractivity contribution < 1.29 is 14.8 Å². The molecule has 0 aliphatic heterocycles. The second-order valence-corrected chi connectivity index (χ2v) is 4.50. The maximum atomic E-state index is 11.1. The summed E-state index contributed by atoms with van der Waals surface area (Å²) in [6.07, 6.45) is 2.09. The zero-order chi connectivity index (χ0) is 14.9. The summed E-state index contributed by atoms with van der Waals surface area (Å²) < 4.78 is 1.63. The van der Waals surface area contributed by atoms with E-state index in [-0.39, 0.29) is 16.3 Å². The maximum Gasteiger partial charge on any atom is 0.337 e. The number of nitrogens with zero attached hydrogens (tertiary/aromatic N) is 2. The number of benzene rings is 1. The fourth-order valence-electron chi connectivity index (χ4n) is 2.05. The van der Waals surface area contributed by atoms with Gasteiger partial charge in [0.05, 0.1) is 21.2 Å². The van der Waals surface area contributed by atoms with Gasteiger partial charge >= 0.3 is 5.97 Å². The van der Waals surface area contributed by atoms with Gasteiger partial charge in [-0.2, -0.15) is 0 Å². The van der Waals surface area contributed by atoms with Crippen LogP contribution in [0.15, 0.2) is 30.5 Å². The van der Waals surface area contributed by atoms with Gasteiger partial charge in [-0.15, -0.1) is 0 Å². The summed E-state index contributed by atoms with van der Waals surface area (Å²) in [5.41, 5.74) is 1.19. The molecule has 0 aliphatic carbocycles. The minimum absolute atomic E-state index is 0.109. The highest BCUT2D eigenvalue weighted by molar-refractivity contribution is 6.32. The van der Waals surface area contributed by atoms with Crippen molar-refractivity contribution in [3.05, 3.63) is 56.9 Å². The van der Waals surface area contributed by atoms with Crippen molar-refractivity contribution in [3.8, 4) is 5.69 Å². The van der Waals surface area contributed by atoms with Gasteiger partial charge in [0.2, 0.25) is 0 Å². The van der Waals surface area contributed by atoms with Crippen molar-refractivity contribution in [2.75, 3.05) is 0 Å². The number of hydrogen-bond acceptors (Lipinski definition) is 3. The second kappa shape index (κ2) is 5.34. The van der Waals surface area contributed by atoms with Gasteiger partial charge in [0.25, 0.3) is 5.69 Å². The van der Waals surface area contributed by atoms with Gasteiger partial charge in [-0.1, -0.05) is 18.5 Å². The summed E-state index contributed by atoms with van der Waals surface area (Å²) >= 11 is 6.05. The van der Waals surface area contributed by atoms with Gasteiger partial charge in [0.15, 0.2) is 0 Å². The van der Waals surface area contributed by atoms with Crippen molar-refractivity contribution >= 4 is 23.3 Å². The molecular formula is C13H11ClN2O4. The normalized spacial score (nSPS) is 10.5. The number of halogens is 1. The lowest BCUT2D eigenvalue weighted by molar-refractivity contribution is -0.384. The lowest BCUT2D eigenvalue weighted by atomic mass is 10.2. The van der Waals surface area contributed by atoms with Crippen LogP contribution in [0.5, 0.6) is 0 Å². The highest BCUT2D eigenvalue weighted by Gasteiger charge is 2.17. The van der Waals surface area contributed by atoms with Crippen molar-refractivity contribution in [2.24, 2.45) is 0 Å². The Morgan fingerprint density at radius 2 is 2.15 bits per heavy atom. The molecule has 1 aromatic carbocycles. The molecule has 104 valence electrons. The van der Waals surface area contributed by atoms with Crippen LogP contribution in [-0.2, 0) is 6.42 Å². The molecule has 1 N–H and O–H groups in total. The molecule has 2 rings (SSSR count). The fourth-order valence-corrected chi connectivity index (χ4v) is 2.32. The van der Waals surface area contributed by atoms with Crippen LogP contribution in [0.25, 0.3) is 5.69 Å². The Bertz CT molecular complexity index is 694. The predicted molar refractivity (Wildman–Crippen MR) is 73.8 cm³/mol. The van der Waals surface area contributed by atoms with E-state index >= 15 is 0 Å². The molecule has 1 aromatic heterocycles. The Balaban J connectivity index is 2.57. The number of rotatable bonds is 4. The predicted octanol–water partition coefficient (Wildman–Crippen LogP) is 3.30. The molecule has 0 saturated heterocycles. The number of nitro groups is 1. The van der Waals surface area contributed by atoms with E-state index in [0.29, 0.717) is 17.8 Å². The van der Waals surface area contributed by atoms with Crippen LogP contribution in [0.4, 0.5) is 5.69 Å². The molecule has 0 spiro atoms. The van der Waals surface area contributed by atoms with Crippen molar-refractivity contribution in [1.29, 1.82) is 0 Å². The Hall–Kier alpha value is -2.34. The number of carboxylic acid groups (broad SMARTS) is 1. The van der Waals surface area contributed by atoms with E-state index in [1.54, 1.807) is 10.8 Å². The van der Waals surface area contributed by atoms with Gasteiger partial charge in [0.1, 0.15) is 0 Å². The SMILES string of the molecule is CCc1c(C(=O)O)ccn1-c1ccc([N+](=O)[O-])cc1Cl. The lowest BCUT2D eigenvalue weighted by Gasteiger charge is -2.10. The van der Waals surface area contributed by atoms with E-state index in [2.05, 4.69) is 0 Å². The van der Waals surface area contributed by atoms with Crippen molar-refractivity contribution in [1.82, 2.24) is 4.57 Å². The zero-order valence-corrected chi connectivity index (χ0v) is 11.3. The van der Waals surface area contributed by atoms with E-state index in [9.17, 15) is 14.9 Å². The minimum Gasteiger partial charge on any atom is -0.478 e. The third-order valence-electron chi connectivity index (χ3n) is 2.96. The van der Waals surface area contributed by atoms with Crippen LogP contribution >= 0.6 is 11.6 Å². The first-order valence-corrected chi connectivity index (χ1v) is 6.21. The number of aromatic nitrogens is 1. The summed E-state index contributed by atoms with van der Waals surface area (Å²) in [6.45, 7) is 1.83. The molecule has 7 heteroatoms. The topological polar surface area (TPSA) is 85.4 Å². The van der Waals surface area contributed by atoms with Crippen LogP contribution in [0.2, 0.25) is 5.02 Å². The number of hydrogen-bond donors (Lipinski definition) is 1. The molecule has 20 heavy (non-hydrogen) atoms. The first-order valence-electron chi connectivity index (χ1n) is 5.83. The molecule has 1 heterocycles. The van der Waals surface area contributed by atoms with Crippen molar-refractivity contribution in [2.45, 2.75) is 13.3 Å². The molecule has 0 unspecified atom stereocenters. The molecule has 0 atom stereocenters. The standard InChI is InChI=1S/C13H11ClN2O4/c1-2-11-9(13(17)18)5-6-15(11)12-4-3-8(16(19)20)7-10(12)14/h3-7H,2H2,1H3,(H,17,18). The van der Waals surface area contributed by atoms with E-state index in [1.165, 1.54) is 24.3 Å². The Morgan fingerprint density at radius 1 is 1.45 bits per heavy atom. The van der Waals surface area contributed by atoms with Crippen LogP contribution < -0.4 is 0 Å². The molecule has 0 fully saturated rings. The molecule has 2 aromatic rings. The maximum absolute atomic E-state index is 11.1. The van der Waals surface area contributed by atoms with E-state index < -0.39 is 10.9 Å². The minimum atomic E-state index is -1.02. The van der Waals surface area contributed by atoms with Crippen molar-refractivity contribution in [3.63, 3.8) is 0 Å². The van der Waals surface area contributed by atoms with Crippen LogP contribution in [-0.4, -0.2) is 20.6 Å². The first kappa shape index (κ1) is 14.1. The van der Waals surface area contributed by atoms with Crippen LogP contribution in [0.3, 0.4) is 0 Å². The largest absolute Gasteiger partial charge is 0.478 e. The summed E-state index contributed by atoms with van der Waals surface area (Å²) in [5, 5.41) is 20.0. The quantitative estimate of drug-likeness (QED) is 0.692. The molecule has 0 radical (unpaired) electrons. The third-order valence-corrected chi connectivity index (χ3v) is 3.26. The van der Waals surface area contributed by atoms with Gasteiger partial charge in [-0.3, -0.25) is 10.1 Å². The first-order chi connectivity index (χ1) is 9.45. The zero-order valence-electron chi connectivity index (χ0n) is 10.5. The van der Waals surface area contributed by atoms with Crippen LogP contribution in [0.1, 0.15) is 23.0 Å². The van der Waals surface area contributed by atoms with Gasteiger partial charge < -0.3 is 9.67 Å². The fraction of sp³-hybridized carbons (Fsp3) is 0.154. The molecule has 0 aliphatic rings. The average Bonchev–Trinajstić information content (AvgIpc) is 2.82. The number of carbonyl (C=O) groups is 1. The third kappa shape index (κ3) is 2.37. The van der Waals surface area contributed by atoms with Gasteiger partial charge in [0, 0.05) is 24.0 Å². The van der Waals surface area contributed by atoms with E-state index in [1.807, 2.05) is 6.92 Å². The number of nitro benzene ring substituents is 1. The summed E-state index contributed by atoms with van der Waals surface area (Å²) in [6, 6.07) is 5.57. The second-order valence-electron chi connectivity index (χ2n) is 4.10. The lowest BCUT2D eigenvalue weighted by Crippen LogP contribution is -2.05. The van der Waals surface area contributed by atoms with Gasteiger partial charge in [-0.05, 0) is 18.6 Å². The molecular weight excluding hydrogens is 284 g/mol. The molecule has 6 nitrogen and oxygen atoms in total. The number of non-ortho nitro benzene ring substituents is 1.